The lowest BCUT2D eigenvalue weighted by Gasteiger charge is -2.40. The van der Waals surface area contributed by atoms with Crippen LogP contribution in [0.15, 0.2) is 28.7 Å². The minimum atomic E-state index is 0.0176. The van der Waals surface area contributed by atoms with Crippen LogP contribution in [0.3, 0.4) is 0 Å². The Labute approximate surface area is 97.7 Å². The molecule has 1 aromatic carbocycles. The van der Waals surface area contributed by atoms with Crippen molar-refractivity contribution in [1.82, 2.24) is 0 Å². The number of hydrogen-bond donors (Lipinski definition) is 1. The summed E-state index contributed by atoms with van der Waals surface area (Å²) in [6.07, 6.45) is 0.952. The van der Waals surface area contributed by atoms with Crippen LogP contribution in [0, 0.1) is 0 Å². The van der Waals surface area contributed by atoms with Crippen LogP contribution in [-0.2, 0) is 4.74 Å². The summed E-state index contributed by atoms with van der Waals surface area (Å²) in [5.74, 6) is 0.850. The third-order valence-corrected chi connectivity index (χ3v) is 3.14. The van der Waals surface area contributed by atoms with Gasteiger partial charge in [0, 0.05) is 24.0 Å². The van der Waals surface area contributed by atoms with Crippen molar-refractivity contribution < 1.29 is 9.47 Å². The zero-order valence-electron chi connectivity index (χ0n) is 8.52. The predicted octanol–water partition coefficient (Wildman–Crippen LogP) is 1.94. The van der Waals surface area contributed by atoms with E-state index in [0.29, 0.717) is 0 Å². The minimum absolute atomic E-state index is 0.0176. The van der Waals surface area contributed by atoms with Gasteiger partial charge in [-0.05, 0) is 18.2 Å². The van der Waals surface area contributed by atoms with E-state index in [4.69, 9.17) is 15.2 Å². The summed E-state index contributed by atoms with van der Waals surface area (Å²) >= 11 is 3.40. The van der Waals surface area contributed by atoms with Gasteiger partial charge < -0.3 is 15.2 Å². The average Bonchev–Trinajstić information content (AvgIpc) is 2.17. The van der Waals surface area contributed by atoms with Gasteiger partial charge in [0.05, 0.1) is 0 Å². The summed E-state index contributed by atoms with van der Waals surface area (Å²) in [4.78, 5) is 0. The molecule has 0 aromatic heterocycles. The molecular formula is C11H14BrNO2. The molecule has 1 aliphatic rings. The smallest absolute Gasteiger partial charge is 0.128 e. The molecule has 1 fully saturated rings. The molecule has 0 heterocycles. The molecule has 4 heteroatoms. The Balaban J connectivity index is 1.98. The standard InChI is InChI=1S/C11H14BrNO2/c1-14-11-9(13)6-10(11)15-8-4-2-3-7(12)5-8/h2-5,9-11H,6,13H2,1H3. The third-order valence-electron chi connectivity index (χ3n) is 2.65. The van der Waals surface area contributed by atoms with Crippen LogP contribution in [0.5, 0.6) is 5.75 Å². The molecule has 0 spiro atoms. The molecule has 3 unspecified atom stereocenters. The van der Waals surface area contributed by atoms with Crippen molar-refractivity contribution in [3.05, 3.63) is 28.7 Å². The van der Waals surface area contributed by atoms with Crippen molar-refractivity contribution >= 4 is 15.9 Å². The number of rotatable bonds is 3. The third kappa shape index (κ3) is 2.33. The lowest BCUT2D eigenvalue weighted by atomic mass is 9.86. The Morgan fingerprint density at radius 2 is 2.27 bits per heavy atom. The minimum Gasteiger partial charge on any atom is -0.488 e. The lowest BCUT2D eigenvalue weighted by Crippen LogP contribution is -2.59. The zero-order valence-corrected chi connectivity index (χ0v) is 10.1. The van der Waals surface area contributed by atoms with Gasteiger partial charge in [0.1, 0.15) is 18.0 Å². The predicted molar refractivity (Wildman–Crippen MR) is 61.9 cm³/mol. The van der Waals surface area contributed by atoms with Crippen molar-refractivity contribution in [1.29, 1.82) is 0 Å². The van der Waals surface area contributed by atoms with Gasteiger partial charge in [0.25, 0.3) is 0 Å². The first-order valence-electron chi connectivity index (χ1n) is 4.91. The fourth-order valence-electron chi connectivity index (χ4n) is 1.77. The van der Waals surface area contributed by atoms with E-state index in [0.717, 1.165) is 16.6 Å². The Kier molecular flexibility index (Phi) is 3.29. The van der Waals surface area contributed by atoms with Gasteiger partial charge in [-0.15, -0.1) is 0 Å². The molecule has 3 atom stereocenters. The second-order valence-corrected chi connectivity index (χ2v) is 4.63. The molecule has 2 N–H and O–H groups in total. The molecule has 1 aliphatic carbocycles. The first-order chi connectivity index (χ1) is 7.20. The van der Waals surface area contributed by atoms with Crippen molar-refractivity contribution in [2.75, 3.05) is 7.11 Å². The van der Waals surface area contributed by atoms with Crippen LogP contribution in [0.4, 0.5) is 0 Å². The second-order valence-electron chi connectivity index (χ2n) is 3.71. The van der Waals surface area contributed by atoms with E-state index < -0.39 is 0 Å². The van der Waals surface area contributed by atoms with Crippen LogP contribution in [-0.4, -0.2) is 25.4 Å². The van der Waals surface area contributed by atoms with Crippen LogP contribution in [0.1, 0.15) is 6.42 Å². The highest BCUT2D eigenvalue weighted by Crippen LogP contribution is 2.28. The maximum atomic E-state index is 5.79. The number of halogens is 1. The van der Waals surface area contributed by atoms with E-state index in [2.05, 4.69) is 15.9 Å². The highest BCUT2D eigenvalue weighted by molar-refractivity contribution is 9.10. The summed E-state index contributed by atoms with van der Waals surface area (Å²) < 4.78 is 12.0. The molecule has 1 aromatic rings. The molecule has 15 heavy (non-hydrogen) atoms. The highest BCUT2D eigenvalue weighted by Gasteiger charge is 2.40. The fourth-order valence-corrected chi connectivity index (χ4v) is 2.15. The molecule has 0 amide bonds. The van der Waals surface area contributed by atoms with Crippen LogP contribution < -0.4 is 10.5 Å². The fraction of sp³-hybridized carbons (Fsp3) is 0.455. The summed E-state index contributed by atoms with van der Waals surface area (Å²) in [5, 5.41) is 0. The van der Waals surface area contributed by atoms with Crippen molar-refractivity contribution in [3.8, 4) is 5.75 Å². The number of hydrogen-bond acceptors (Lipinski definition) is 3. The molecule has 0 saturated heterocycles. The topological polar surface area (TPSA) is 44.5 Å². The summed E-state index contributed by atoms with van der Waals surface area (Å²) in [5.41, 5.74) is 5.79. The van der Waals surface area contributed by atoms with Gasteiger partial charge >= 0.3 is 0 Å². The van der Waals surface area contributed by atoms with E-state index in [9.17, 15) is 0 Å². The molecule has 0 bridgehead atoms. The number of methoxy groups -OCH3 is 1. The van der Waals surface area contributed by atoms with Gasteiger partial charge in [-0.25, -0.2) is 0 Å². The monoisotopic (exact) mass is 271 g/mol. The van der Waals surface area contributed by atoms with Crippen molar-refractivity contribution in [2.45, 2.75) is 24.7 Å². The number of ether oxygens (including phenoxy) is 2. The maximum Gasteiger partial charge on any atom is 0.128 e. The molecular weight excluding hydrogens is 258 g/mol. The quantitative estimate of drug-likeness (QED) is 0.914. The van der Waals surface area contributed by atoms with Gasteiger partial charge in [0.2, 0.25) is 0 Å². The molecule has 0 aliphatic heterocycles. The van der Waals surface area contributed by atoms with E-state index in [1.165, 1.54) is 0 Å². The molecule has 3 nitrogen and oxygen atoms in total. The number of benzene rings is 1. The summed E-state index contributed by atoms with van der Waals surface area (Å²) in [7, 11) is 1.67. The first-order valence-corrected chi connectivity index (χ1v) is 5.70. The molecule has 2 rings (SSSR count). The van der Waals surface area contributed by atoms with E-state index >= 15 is 0 Å². The molecule has 1 saturated carbocycles. The maximum absolute atomic E-state index is 5.79. The Morgan fingerprint density at radius 3 is 2.87 bits per heavy atom. The summed E-state index contributed by atoms with van der Waals surface area (Å²) in [6.45, 7) is 0. The van der Waals surface area contributed by atoms with Crippen molar-refractivity contribution in [2.24, 2.45) is 5.73 Å². The Bertz CT molecular complexity index is 345. The van der Waals surface area contributed by atoms with E-state index in [-0.39, 0.29) is 18.2 Å². The zero-order chi connectivity index (χ0) is 10.8. The lowest BCUT2D eigenvalue weighted by molar-refractivity contribution is -0.0782. The van der Waals surface area contributed by atoms with E-state index in [1.807, 2.05) is 24.3 Å². The van der Waals surface area contributed by atoms with E-state index in [1.54, 1.807) is 7.11 Å². The van der Waals surface area contributed by atoms with Crippen molar-refractivity contribution in [3.63, 3.8) is 0 Å². The second kappa shape index (κ2) is 4.51. The molecule has 0 radical (unpaired) electrons. The Morgan fingerprint density at radius 1 is 1.47 bits per heavy atom. The normalized spacial score (nSPS) is 29.7. The van der Waals surface area contributed by atoms with Crippen LogP contribution in [0.25, 0.3) is 0 Å². The van der Waals surface area contributed by atoms with Gasteiger partial charge in [0.15, 0.2) is 0 Å². The Hall–Kier alpha value is -0.580. The highest BCUT2D eigenvalue weighted by atomic mass is 79.9. The van der Waals surface area contributed by atoms with Crippen LogP contribution in [0.2, 0.25) is 0 Å². The number of nitrogens with two attached hydrogens (primary N) is 1. The summed E-state index contributed by atoms with van der Waals surface area (Å²) in [6, 6.07) is 7.89. The average molecular weight is 272 g/mol. The van der Waals surface area contributed by atoms with Gasteiger partial charge in [-0.2, -0.15) is 0 Å². The largest absolute Gasteiger partial charge is 0.488 e. The van der Waals surface area contributed by atoms with Crippen LogP contribution >= 0.6 is 15.9 Å². The van der Waals surface area contributed by atoms with Gasteiger partial charge in [-0.1, -0.05) is 22.0 Å². The first kappa shape index (κ1) is 10.9. The van der Waals surface area contributed by atoms with Gasteiger partial charge in [-0.3, -0.25) is 0 Å². The SMILES string of the molecule is COC1C(N)CC1Oc1cccc(Br)c1. The molecule has 82 valence electrons.